The molecule has 0 aliphatic heterocycles. The van der Waals surface area contributed by atoms with Crippen molar-refractivity contribution in [3.63, 3.8) is 0 Å². The van der Waals surface area contributed by atoms with Gasteiger partial charge in [-0.15, -0.1) is 0 Å². The lowest BCUT2D eigenvalue weighted by Crippen LogP contribution is -2.20. The Labute approximate surface area is 193 Å². The van der Waals surface area contributed by atoms with E-state index >= 15 is 0 Å². The minimum absolute atomic E-state index is 0.782. The fourth-order valence-corrected chi connectivity index (χ4v) is 4.44. The first-order valence-corrected chi connectivity index (χ1v) is 13.1. The molecule has 172 valence electrons. The highest BCUT2D eigenvalue weighted by Gasteiger charge is 2.13. The predicted molar refractivity (Wildman–Crippen MR) is 140 cm³/mol. The van der Waals surface area contributed by atoms with Crippen LogP contribution in [0.4, 0.5) is 11.4 Å². The summed E-state index contributed by atoms with van der Waals surface area (Å²) in [5.74, 6) is 0.782. The lowest BCUT2D eigenvalue weighted by Gasteiger charge is -2.27. The smallest absolute Gasteiger partial charge is 0.0443 e. The SMILES string of the molecule is CCCCCCCCCCCCN(c1ccccc1)c1ccccc1CCCC(C)C. The largest absolute Gasteiger partial charge is 0.341 e. The van der Waals surface area contributed by atoms with Crippen molar-refractivity contribution in [1.29, 1.82) is 0 Å². The standard InChI is InChI=1S/C30H47N/c1-4-5-6-7-8-9-10-11-12-18-26-31(29-23-14-13-15-24-29)30-25-17-16-21-28(30)22-19-20-27(2)3/h13-17,21,23-25,27H,4-12,18-20,22,26H2,1-3H3. The Morgan fingerprint density at radius 2 is 1.23 bits per heavy atom. The number of benzene rings is 2. The molecule has 0 aromatic heterocycles. The van der Waals surface area contributed by atoms with Gasteiger partial charge in [0.25, 0.3) is 0 Å². The Kier molecular flexibility index (Phi) is 13.1. The Bertz CT molecular complexity index is 676. The molecular formula is C30H47N. The maximum atomic E-state index is 2.56. The molecule has 2 rings (SSSR count). The van der Waals surface area contributed by atoms with Crippen LogP contribution >= 0.6 is 0 Å². The number of unbranched alkanes of at least 4 members (excludes halogenated alkanes) is 9. The third-order valence-corrected chi connectivity index (χ3v) is 6.31. The van der Waals surface area contributed by atoms with Crippen LogP contribution in [0.3, 0.4) is 0 Å². The first-order chi connectivity index (χ1) is 15.2. The quantitative estimate of drug-likeness (QED) is 0.230. The summed E-state index contributed by atoms with van der Waals surface area (Å²) >= 11 is 0. The van der Waals surface area contributed by atoms with Crippen LogP contribution in [0, 0.1) is 5.92 Å². The Morgan fingerprint density at radius 3 is 1.87 bits per heavy atom. The van der Waals surface area contributed by atoms with Crippen molar-refractivity contribution in [2.45, 2.75) is 104 Å². The van der Waals surface area contributed by atoms with Gasteiger partial charge in [-0.05, 0) is 48.9 Å². The molecule has 0 radical (unpaired) electrons. The highest BCUT2D eigenvalue weighted by molar-refractivity contribution is 5.66. The molecule has 1 nitrogen and oxygen atoms in total. The number of para-hydroxylation sites is 2. The molecule has 0 saturated heterocycles. The summed E-state index contributed by atoms with van der Waals surface area (Å²) in [6.07, 6.45) is 17.6. The maximum absolute atomic E-state index is 2.56. The van der Waals surface area contributed by atoms with Crippen LogP contribution in [0.25, 0.3) is 0 Å². The lowest BCUT2D eigenvalue weighted by atomic mass is 10.0. The number of anilines is 2. The summed E-state index contributed by atoms with van der Waals surface area (Å²) in [5, 5.41) is 0. The third-order valence-electron chi connectivity index (χ3n) is 6.31. The number of aryl methyl sites for hydroxylation is 1. The molecule has 31 heavy (non-hydrogen) atoms. The molecule has 0 aliphatic carbocycles. The van der Waals surface area contributed by atoms with E-state index in [1.165, 1.54) is 100 Å². The lowest BCUT2D eigenvalue weighted by molar-refractivity contribution is 0.554. The zero-order valence-electron chi connectivity index (χ0n) is 20.6. The zero-order valence-corrected chi connectivity index (χ0v) is 20.6. The molecule has 0 heterocycles. The number of hydrogen-bond acceptors (Lipinski definition) is 1. The first kappa shape index (κ1) is 25.5. The Morgan fingerprint density at radius 1 is 0.645 bits per heavy atom. The van der Waals surface area contributed by atoms with E-state index in [0.29, 0.717) is 0 Å². The van der Waals surface area contributed by atoms with E-state index < -0.39 is 0 Å². The summed E-state index contributed by atoms with van der Waals surface area (Å²) < 4.78 is 0. The van der Waals surface area contributed by atoms with Crippen LogP contribution < -0.4 is 4.90 Å². The summed E-state index contributed by atoms with van der Waals surface area (Å²) in [4.78, 5) is 2.56. The van der Waals surface area contributed by atoms with Crippen molar-refractivity contribution < 1.29 is 0 Å². The fraction of sp³-hybridized carbons (Fsp3) is 0.600. The summed E-state index contributed by atoms with van der Waals surface area (Å²) in [5.41, 5.74) is 4.24. The molecule has 0 spiro atoms. The van der Waals surface area contributed by atoms with Crippen LogP contribution in [-0.2, 0) is 6.42 Å². The van der Waals surface area contributed by atoms with E-state index in [2.05, 4.69) is 80.3 Å². The van der Waals surface area contributed by atoms with Crippen molar-refractivity contribution in [2.24, 2.45) is 5.92 Å². The fourth-order valence-electron chi connectivity index (χ4n) is 4.44. The molecule has 0 unspecified atom stereocenters. The van der Waals surface area contributed by atoms with Gasteiger partial charge < -0.3 is 4.90 Å². The second-order valence-electron chi connectivity index (χ2n) is 9.58. The average molecular weight is 422 g/mol. The molecule has 0 fully saturated rings. The van der Waals surface area contributed by atoms with E-state index in [4.69, 9.17) is 0 Å². The van der Waals surface area contributed by atoms with Crippen molar-refractivity contribution in [3.05, 3.63) is 60.2 Å². The predicted octanol–water partition coefficient (Wildman–Crippen LogP) is 9.72. The van der Waals surface area contributed by atoms with Crippen LogP contribution in [-0.4, -0.2) is 6.54 Å². The van der Waals surface area contributed by atoms with Gasteiger partial charge in [0.1, 0.15) is 0 Å². The molecule has 0 aliphatic rings. The minimum Gasteiger partial charge on any atom is -0.341 e. The molecule has 1 heteroatoms. The van der Waals surface area contributed by atoms with Gasteiger partial charge in [-0.1, -0.05) is 121 Å². The van der Waals surface area contributed by atoms with Gasteiger partial charge in [0.05, 0.1) is 0 Å². The zero-order chi connectivity index (χ0) is 22.2. The number of nitrogens with zero attached hydrogens (tertiary/aromatic N) is 1. The van der Waals surface area contributed by atoms with Crippen LogP contribution in [0.2, 0.25) is 0 Å². The highest BCUT2D eigenvalue weighted by atomic mass is 15.1. The van der Waals surface area contributed by atoms with Crippen molar-refractivity contribution in [2.75, 3.05) is 11.4 Å². The van der Waals surface area contributed by atoms with Crippen LogP contribution in [0.5, 0.6) is 0 Å². The molecule has 2 aromatic carbocycles. The first-order valence-electron chi connectivity index (χ1n) is 13.1. The van der Waals surface area contributed by atoms with E-state index in [0.717, 1.165) is 12.5 Å². The average Bonchev–Trinajstić information content (AvgIpc) is 2.78. The number of rotatable bonds is 17. The number of hydrogen-bond donors (Lipinski definition) is 0. The molecule has 0 bridgehead atoms. The van der Waals surface area contributed by atoms with Gasteiger partial charge in [0, 0.05) is 17.9 Å². The highest BCUT2D eigenvalue weighted by Crippen LogP contribution is 2.30. The van der Waals surface area contributed by atoms with E-state index in [1.54, 1.807) is 0 Å². The summed E-state index contributed by atoms with van der Waals surface area (Å²) in [6.45, 7) is 8.06. The third kappa shape index (κ3) is 10.4. The molecule has 0 N–H and O–H groups in total. The van der Waals surface area contributed by atoms with Gasteiger partial charge in [0.2, 0.25) is 0 Å². The molecule has 0 amide bonds. The van der Waals surface area contributed by atoms with Gasteiger partial charge in [-0.25, -0.2) is 0 Å². The monoisotopic (exact) mass is 421 g/mol. The molecule has 0 atom stereocenters. The molecular weight excluding hydrogens is 374 g/mol. The van der Waals surface area contributed by atoms with Crippen molar-refractivity contribution in [3.8, 4) is 0 Å². The van der Waals surface area contributed by atoms with Gasteiger partial charge in [0.15, 0.2) is 0 Å². The van der Waals surface area contributed by atoms with Crippen molar-refractivity contribution in [1.82, 2.24) is 0 Å². The molecule has 0 saturated carbocycles. The maximum Gasteiger partial charge on any atom is 0.0443 e. The van der Waals surface area contributed by atoms with Gasteiger partial charge in [-0.3, -0.25) is 0 Å². The van der Waals surface area contributed by atoms with Crippen molar-refractivity contribution >= 4 is 11.4 Å². The van der Waals surface area contributed by atoms with E-state index in [1.807, 2.05) is 0 Å². The van der Waals surface area contributed by atoms with Gasteiger partial charge >= 0.3 is 0 Å². The van der Waals surface area contributed by atoms with Crippen LogP contribution in [0.1, 0.15) is 103 Å². The van der Waals surface area contributed by atoms with Crippen LogP contribution in [0.15, 0.2) is 54.6 Å². The molecule has 2 aromatic rings. The second-order valence-corrected chi connectivity index (χ2v) is 9.58. The summed E-state index contributed by atoms with van der Waals surface area (Å²) in [7, 11) is 0. The minimum atomic E-state index is 0.782. The second kappa shape index (κ2) is 16.0. The summed E-state index contributed by atoms with van der Waals surface area (Å²) in [6, 6.07) is 20.1. The Hall–Kier alpha value is -1.76. The van der Waals surface area contributed by atoms with Gasteiger partial charge in [-0.2, -0.15) is 0 Å². The normalized spacial score (nSPS) is 11.2. The van der Waals surface area contributed by atoms with E-state index in [9.17, 15) is 0 Å². The topological polar surface area (TPSA) is 3.24 Å². The van der Waals surface area contributed by atoms with E-state index in [-0.39, 0.29) is 0 Å². The Balaban J connectivity index is 1.88.